The Morgan fingerprint density at radius 1 is 1.25 bits per heavy atom. The number of nitro groups is 1. The van der Waals surface area contributed by atoms with Gasteiger partial charge in [-0.25, -0.2) is 0 Å². The van der Waals surface area contributed by atoms with E-state index in [-0.39, 0.29) is 16.6 Å². The van der Waals surface area contributed by atoms with Crippen molar-refractivity contribution >= 4 is 40.6 Å². The molecule has 1 heterocycles. The van der Waals surface area contributed by atoms with E-state index < -0.39 is 4.92 Å². The molecule has 1 fully saturated rings. The quantitative estimate of drug-likeness (QED) is 0.421. The highest BCUT2D eigenvalue weighted by molar-refractivity contribution is 6.32. The molecule has 0 spiro atoms. The SMILES string of the molecule is C[C@H]1CCCCN1c1ccc(NC(=O)/C=C/c2ccc(Cl)c([N+](=O)[O-])c2)cc1. The summed E-state index contributed by atoms with van der Waals surface area (Å²) < 4.78 is 0. The number of carbonyl (C=O) groups is 1. The molecule has 0 bridgehead atoms. The van der Waals surface area contributed by atoms with Crippen molar-refractivity contribution in [3.05, 3.63) is 69.2 Å². The molecule has 28 heavy (non-hydrogen) atoms. The molecule has 0 aromatic heterocycles. The van der Waals surface area contributed by atoms with Gasteiger partial charge in [0.25, 0.3) is 5.69 Å². The standard InChI is InChI=1S/C21H22ClN3O3/c1-15-4-2-3-13-24(15)18-9-7-17(8-10-18)23-21(26)12-6-16-5-11-19(22)20(14-16)25(27)28/h5-12,14-15H,2-4,13H2,1H3,(H,23,26)/b12-6+/t15-/m0/s1. The number of hydrogen-bond acceptors (Lipinski definition) is 4. The number of nitrogens with zero attached hydrogens (tertiary/aromatic N) is 2. The Kier molecular flexibility index (Phi) is 6.31. The van der Waals surface area contributed by atoms with Crippen LogP contribution in [0.15, 0.2) is 48.5 Å². The van der Waals surface area contributed by atoms with Gasteiger partial charge in [0.2, 0.25) is 5.91 Å². The van der Waals surface area contributed by atoms with Crippen LogP contribution in [-0.2, 0) is 4.79 Å². The highest BCUT2D eigenvalue weighted by Crippen LogP contribution is 2.27. The minimum Gasteiger partial charge on any atom is -0.369 e. The lowest BCUT2D eigenvalue weighted by Crippen LogP contribution is -2.37. The maximum Gasteiger partial charge on any atom is 0.288 e. The number of nitro benzene ring substituents is 1. The van der Waals surface area contributed by atoms with Gasteiger partial charge in [0.1, 0.15) is 5.02 Å². The lowest BCUT2D eigenvalue weighted by atomic mass is 10.0. The second-order valence-corrected chi connectivity index (χ2v) is 7.28. The molecular formula is C21H22ClN3O3. The molecule has 0 aliphatic carbocycles. The van der Waals surface area contributed by atoms with Crippen LogP contribution in [0.4, 0.5) is 17.1 Å². The number of piperidine rings is 1. The van der Waals surface area contributed by atoms with Crippen molar-refractivity contribution in [3.63, 3.8) is 0 Å². The van der Waals surface area contributed by atoms with Gasteiger partial charge in [-0.05, 0) is 68.2 Å². The van der Waals surface area contributed by atoms with Crippen LogP contribution in [-0.4, -0.2) is 23.4 Å². The van der Waals surface area contributed by atoms with Crippen molar-refractivity contribution in [1.82, 2.24) is 0 Å². The number of amides is 1. The largest absolute Gasteiger partial charge is 0.369 e. The summed E-state index contributed by atoms with van der Waals surface area (Å²) in [6.45, 7) is 3.30. The smallest absolute Gasteiger partial charge is 0.288 e. The third-order valence-electron chi connectivity index (χ3n) is 4.86. The number of anilines is 2. The summed E-state index contributed by atoms with van der Waals surface area (Å²) in [4.78, 5) is 24.9. The van der Waals surface area contributed by atoms with E-state index in [4.69, 9.17) is 11.6 Å². The second kappa shape index (κ2) is 8.89. The maximum absolute atomic E-state index is 12.1. The average Bonchev–Trinajstić information content (AvgIpc) is 2.68. The fraction of sp³-hybridized carbons (Fsp3) is 0.286. The number of benzene rings is 2. The average molecular weight is 400 g/mol. The molecule has 1 amide bonds. The summed E-state index contributed by atoms with van der Waals surface area (Å²) in [6, 6.07) is 12.7. The first-order valence-corrected chi connectivity index (χ1v) is 9.61. The molecule has 0 saturated carbocycles. The van der Waals surface area contributed by atoms with Crippen LogP contribution in [0.3, 0.4) is 0 Å². The van der Waals surface area contributed by atoms with E-state index in [0.717, 1.165) is 12.2 Å². The second-order valence-electron chi connectivity index (χ2n) is 6.88. The zero-order chi connectivity index (χ0) is 20.1. The highest BCUT2D eigenvalue weighted by Gasteiger charge is 2.18. The Morgan fingerprint density at radius 2 is 2.00 bits per heavy atom. The molecule has 3 rings (SSSR count). The van der Waals surface area contributed by atoms with E-state index in [1.165, 1.54) is 43.5 Å². The maximum atomic E-state index is 12.1. The van der Waals surface area contributed by atoms with Crippen LogP contribution in [0.1, 0.15) is 31.7 Å². The van der Waals surface area contributed by atoms with Crippen LogP contribution in [0.25, 0.3) is 6.08 Å². The predicted octanol–water partition coefficient (Wildman–Crippen LogP) is 5.28. The molecule has 1 aliphatic rings. The molecule has 0 unspecified atom stereocenters. The van der Waals surface area contributed by atoms with Crippen molar-refractivity contribution in [2.45, 2.75) is 32.2 Å². The third-order valence-corrected chi connectivity index (χ3v) is 5.18. The van der Waals surface area contributed by atoms with Crippen LogP contribution in [0.5, 0.6) is 0 Å². The van der Waals surface area contributed by atoms with Crippen LogP contribution in [0, 0.1) is 10.1 Å². The van der Waals surface area contributed by atoms with Crippen LogP contribution >= 0.6 is 11.6 Å². The normalized spacial score (nSPS) is 16.9. The Hall–Kier alpha value is -2.86. The van der Waals surface area contributed by atoms with E-state index in [2.05, 4.69) is 17.1 Å². The Labute approximate surface area is 169 Å². The topological polar surface area (TPSA) is 75.5 Å². The molecule has 1 atom stereocenters. The molecule has 7 heteroatoms. The summed E-state index contributed by atoms with van der Waals surface area (Å²) in [5, 5.41) is 13.8. The van der Waals surface area contributed by atoms with Gasteiger partial charge in [-0.2, -0.15) is 0 Å². The van der Waals surface area contributed by atoms with E-state index in [1.807, 2.05) is 24.3 Å². The first-order chi connectivity index (χ1) is 13.4. The van der Waals surface area contributed by atoms with Crippen molar-refractivity contribution < 1.29 is 9.72 Å². The number of nitrogens with one attached hydrogen (secondary N) is 1. The summed E-state index contributed by atoms with van der Waals surface area (Å²) in [5.41, 5.74) is 2.20. The van der Waals surface area contributed by atoms with Crippen molar-refractivity contribution in [3.8, 4) is 0 Å². The van der Waals surface area contributed by atoms with Gasteiger partial charge in [0.15, 0.2) is 0 Å². The molecule has 6 nitrogen and oxygen atoms in total. The number of hydrogen-bond donors (Lipinski definition) is 1. The molecule has 0 radical (unpaired) electrons. The molecule has 1 N–H and O–H groups in total. The lowest BCUT2D eigenvalue weighted by Gasteiger charge is -2.35. The lowest BCUT2D eigenvalue weighted by molar-refractivity contribution is -0.384. The molecule has 1 saturated heterocycles. The van der Waals surface area contributed by atoms with Crippen LogP contribution < -0.4 is 10.2 Å². The Morgan fingerprint density at radius 3 is 2.68 bits per heavy atom. The minimum absolute atomic E-state index is 0.0646. The van der Waals surface area contributed by atoms with E-state index >= 15 is 0 Å². The molecule has 2 aromatic rings. The zero-order valence-electron chi connectivity index (χ0n) is 15.6. The molecular weight excluding hydrogens is 378 g/mol. The summed E-state index contributed by atoms with van der Waals surface area (Å²) in [6.07, 6.45) is 6.54. The Bertz CT molecular complexity index is 896. The first kappa shape index (κ1) is 19.9. The third kappa shape index (κ3) is 4.89. The van der Waals surface area contributed by atoms with E-state index in [9.17, 15) is 14.9 Å². The first-order valence-electron chi connectivity index (χ1n) is 9.24. The number of halogens is 1. The Balaban J connectivity index is 1.62. The molecule has 2 aromatic carbocycles. The van der Waals surface area contributed by atoms with Crippen molar-refractivity contribution in [2.24, 2.45) is 0 Å². The van der Waals surface area contributed by atoms with Gasteiger partial charge in [-0.15, -0.1) is 0 Å². The van der Waals surface area contributed by atoms with Crippen LogP contribution in [0.2, 0.25) is 5.02 Å². The fourth-order valence-electron chi connectivity index (χ4n) is 3.35. The fourth-order valence-corrected chi connectivity index (χ4v) is 3.53. The number of rotatable bonds is 5. The summed E-state index contributed by atoms with van der Waals surface area (Å²) in [5.74, 6) is -0.309. The van der Waals surface area contributed by atoms with Gasteiger partial charge in [-0.1, -0.05) is 17.7 Å². The summed E-state index contributed by atoms with van der Waals surface area (Å²) in [7, 11) is 0. The zero-order valence-corrected chi connectivity index (χ0v) is 16.4. The predicted molar refractivity (Wildman–Crippen MR) is 113 cm³/mol. The number of carbonyl (C=O) groups excluding carboxylic acids is 1. The highest BCUT2D eigenvalue weighted by atomic mass is 35.5. The molecule has 1 aliphatic heterocycles. The van der Waals surface area contributed by atoms with Crippen molar-refractivity contribution in [1.29, 1.82) is 0 Å². The monoisotopic (exact) mass is 399 g/mol. The van der Waals surface area contributed by atoms with Gasteiger partial charge in [-0.3, -0.25) is 14.9 Å². The minimum atomic E-state index is -0.551. The van der Waals surface area contributed by atoms with E-state index in [0.29, 0.717) is 17.3 Å². The van der Waals surface area contributed by atoms with E-state index in [1.54, 1.807) is 6.07 Å². The van der Waals surface area contributed by atoms with Gasteiger partial charge < -0.3 is 10.2 Å². The van der Waals surface area contributed by atoms with Gasteiger partial charge >= 0.3 is 0 Å². The van der Waals surface area contributed by atoms with Gasteiger partial charge in [0, 0.05) is 36.1 Å². The molecule has 146 valence electrons. The summed E-state index contributed by atoms with van der Waals surface area (Å²) >= 11 is 5.79. The van der Waals surface area contributed by atoms with Crippen molar-refractivity contribution in [2.75, 3.05) is 16.8 Å². The van der Waals surface area contributed by atoms with Gasteiger partial charge in [0.05, 0.1) is 4.92 Å².